The first-order chi connectivity index (χ1) is 15.7. The molecule has 2 aromatic rings. The topological polar surface area (TPSA) is 71.7 Å². The quantitative estimate of drug-likeness (QED) is 0.512. The number of pyridine rings is 1. The van der Waals surface area contributed by atoms with Crippen molar-refractivity contribution in [1.82, 2.24) is 15.0 Å². The molecule has 0 atom stereocenters. The lowest BCUT2D eigenvalue weighted by Gasteiger charge is -2.39. The van der Waals surface area contributed by atoms with Gasteiger partial charge in [0.05, 0.1) is 37.1 Å². The molecule has 1 aliphatic carbocycles. The van der Waals surface area contributed by atoms with Crippen molar-refractivity contribution >= 4 is 11.7 Å². The first-order valence-corrected chi connectivity index (χ1v) is 10.7. The molecule has 1 saturated heterocycles. The number of amides is 2. The fourth-order valence-corrected chi connectivity index (χ4v) is 4.43. The summed E-state index contributed by atoms with van der Waals surface area (Å²) in [5.41, 5.74) is -1.24. The van der Waals surface area contributed by atoms with Crippen LogP contribution in [0.2, 0.25) is 0 Å². The molecule has 2 fully saturated rings. The second-order valence-corrected chi connectivity index (χ2v) is 8.30. The van der Waals surface area contributed by atoms with Crippen molar-refractivity contribution in [3.63, 3.8) is 0 Å². The highest BCUT2D eigenvalue weighted by Crippen LogP contribution is 2.42. The zero-order chi connectivity index (χ0) is 23.6. The third kappa shape index (κ3) is 5.03. The molecule has 0 aromatic carbocycles. The number of halogens is 5. The molecule has 0 N–H and O–H groups in total. The van der Waals surface area contributed by atoms with Gasteiger partial charge in [0, 0.05) is 12.5 Å². The monoisotopic (exact) mass is 474 g/mol. The molecule has 7 nitrogen and oxygen atoms in total. The number of alkyl halides is 5. The van der Waals surface area contributed by atoms with E-state index in [2.05, 4.69) is 10.1 Å². The lowest BCUT2D eigenvalue weighted by Crippen LogP contribution is -2.47. The molecule has 0 radical (unpaired) electrons. The Labute approximate surface area is 186 Å². The summed E-state index contributed by atoms with van der Waals surface area (Å²) in [5, 5.41) is 3.71. The van der Waals surface area contributed by atoms with E-state index in [0.29, 0.717) is 12.3 Å². The second kappa shape index (κ2) is 9.14. The average Bonchev–Trinajstić information content (AvgIpc) is 3.32. The van der Waals surface area contributed by atoms with Gasteiger partial charge in [-0.3, -0.25) is 4.90 Å². The molecule has 1 saturated carbocycles. The van der Waals surface area contributed by atoms with Crippen LogP contribution in [0.4, 0.5) is 32.4 Å². The Balaban J connectivity index is 1.52. The van der Waals surface area contributed by atoms with Gasteiger partial charge in [0.15, 0.2) is 5.76 Å². The van der Waals surface area contributed by atoms with Gasteiger partial charge in [-0.05, 0) is 30.1 Å². The van der Waals surface area contributed by atoms with Crippen LogP contribution >= 0.6 is 0 Å². The highest BCUT2D eigenvalue weighted by molar-refractivity contribution is 5.95. The number of nitrogens with zero attached hydrogens (tertiary/aromatic N) is 4. The summed E-state index contributed by atoms with van der Waals surface area (Å²) in [6.45, 7) is 0.185. The highest BCUT2D eigenvalue weighted by atomic mass is 19.4. The summed E-state index contributed by atoms with van der Waals surface area (Å²) >= 11 is 0. The van der Waals surface area contributed by atoms with Crippen molar-refractivity contribution in [2.24, 2.45) is 0 Å². The molecule has 1 aliphatic heterocycles. The molecule has 2 aliphatic rings. The lowest BCUT2D eigenvalue weighted by atomic mass is 9.81. The Bertz CT molecular complexity index is 958. The molecule has 180 valence electrons. The van der Waals surface area contributed by atoms with E-state index in [1.54, 1.807) is 4.90 Å². The summed E-state index contributed by atoms with van der Waals surface area (Å²) in [6.07, 6.45) is -2.07. The number of carbonyl (C=O) groups excluding carboxylic acids is 1. The Morgan fingerprint density at radius 3 is 2.58 bits per heavy atom. The number of carbonyl (C=O) groups is 1. The summed E-state index contributed by atoms with van der Waals surface area (Å²) in [6, 6.07) is 3.20. The van der Waals surface area contributed by atoms with E-state index < -0.39 is 30.3 Å². The smallest absolute Gasteiger partial charge is 0.433 e. The third-order valence-corrected chi connectivity index (χ3v) is 6.06. The lowest BCUT2D eigenvalue weighted by molar-refractivity contribution is -0.141. The van der Waals surface area contributed by atoms with Gasteiger partial charge in [0.2, 0.25) is 6.43 Å². The molecule has 33 heavy (non-hydrogen) atoms. The number of ether oxygens (including phenoxy) is 1. The number of hydrogen-bond donors (Lipinski definition) is 0. The molecule has 12 heteroatoms. The zero-order valence-corrected chi connectivity index (χ0v) is 17.7. The van der Waals surface area contributed by atoms with Gasteiger partial charge < -0.3 is 14.2 Å². The Morgan fingerprint density at radius 2 is 1.94 bits per heavy atom. The molecular formula is C21H23F5N4O3. The molecule has 3 heterocycles. The molecular weight excluding hydrogens is 451 g/mol. The van der Waals surface area contributed by atoms with E-state index >= 15 is 0 Å². The minimum atomic E-state index is -4.56. The molecule has 1 spiro atoms. The normalized spacial score (nSPS) is 18.5. The van der Waals surface area contributed by atoms with Crippen LogP contribution in [0.15, 0.2) is 28.9 Å². The number of aromatic nitrogens is 2. The summed E-state index contributed by atoms with van der Waals surface area (Å²) < 4.78 is 73.6. The van der Waals surface area contributed by atoms with Gasteiger partial charge in [0.25, 0.3) is 5.88 Å². The summed E-state index contributed by atoms with van der Waals surface area (Å²) in [5.74, 6) is 0.381. The Kier molecular flexibility index (Phi) is 6.44. The van der Waals surface area contributed by atoms with Crippen molar-refractivity contribution in [1.29, 1.82) is 0 Å². The minimum Gasteiger partial charge on any atom is -0.475 e. The predicted octanol–water partition coefficient (Wildman–Crippen LogP) is 5.27. The summed E-state index contributed by atoms with van der Waals surface area (Å²) in [4.78, 5) is 19.9. The van der Waals surface area contributed by atoms with E-state index in [9.17, 15) is 26.7 Å². The van der Waals surface area contributed by atoms with Crippen LogP contribution in [-0.2, 0) is 12.7 Å². The van der Waals surface area contributed by atoms with Crippen molar-refractivity contribution in [2.75, 3.05) is 18.1 Å². The van der Waals surface area contributed by atoms with Crippen molar-refractivity contribution in [3.8, 4) is 5.88 Å². The van der Waals surface area contributed by atoms with Crippen LogP contribution in [0, 0.1) is 0 Å². The van der Waals surface area contributed by atoms with Crippen LogP contribution in [0.3, 0.4) is 0 Å². The molecule has 0 bridgehead atoms. The first kappa shape index (κ1) is 23.2. The van der Waals surface area contributed by atoms with Gasteiger partial charge in [-0.1, -0.05) is 19.3 Å². The third-order valence-electron chi connectivity index (χ3n) is 6.06. The van der Waals surface area contributed by atoms with Gasteiger partial charge in [-0.15, -0.1) is 0 Å². The van der Waals surface area contributed by atoms with Gasteiger partial charge in [-0.2, -0.15) is 13.2 Å². The fourth-order valence-electron chi connectivity index (χ4n) is 4.43. The number of urea groups is 1. The standard InChI is InChI=1S/C21H23F5N4O3/c22-17(23)6-9-32-18-10-15(33-28-18)12-30-19(31)29(13-20(30)7-2-1-3-8-20)14-4-5-16(27-11-14)21(24,25)26/h4-5,10-11,17H,1-3,6-9,12-13H2. The van der Waals surface area contributed by atoms with Gasteiger partial charge in [-0.25, -0.2) is 18.6 Å². The Hall–Kier alpha value is -2.92. The van der Waals surface area contributed by atoms with Crippen LogP contribution in [-0.4, -0.2) is 46.2 Å². The maximum atomic E-state index is 13.3. The first-order valence-electron chi connectivity index (χ1n) is 10.7. The maximum absolute atomic E-state index is 13.3. The number of hydrogen-bond acceptors (Lipinski definition) is 5. The van der Waals surface area contributed by atoms with E-state index in [0.717, 1.165) is 44.4 Å². The number of anilines is 1. The van der Waals surface area contributed by atoms with Crippen LogP contribution < -0.4 is 9.64 Å². The van der Waals surface area contributed by atoms with Crippen LogP contribution in [0.25, 0.3) is 0 Å². The molecule has 4 rings (SSSR count). The van der Waals surface area contributed by atoms with E-state index in [1.165, 1.54) is 17.0 Å². The minimum absolute atomic E-state index is 0.0544. The average molecular weight is 474 g/mol. The van der Waals surface area contributed by atoms with E-state index in [-0.39, 0.29) is 30.8 Å². The number of rotatable bonds is 7. The SMILES string of the molecule is O=C1N(c2ccc(C(F)(F)F)nc2)CC2(CCCCC2)N1Cc1cc(OCCC(F)F)no1. The highest BCUT2D eigenvalue weighted by Gasteiger charge is 2.50. The predicted molar refractivity (Wildman–Crippen MR) is 106 cm³/mol. The zero-order valence-electron chi connectivity index (χ0n) is 17.7. The summed E-state index contributed by atoms with van der Waals surface area (Å²) in [7, 11) is 0. The molecule has 2 amide bonds. The van der Waals surface area contributed by atoms with E-state index in [4.69, 9.17) is 9.26 Å². The Morgan fingerprint density at radius 1 is 1.18 bits per heavy atom. The maximum Gasteiger partial charge on any atom is 0.433 e. The van der Waals surface area contributed by atoms with Crippen LogP contribution in [0.5, 0.6) is 5.88 Å². The van der Waals surface area contributed by atoms with Crippen molar-refractivity contribution in [2.45, 2.75) is 63.2 Å². The van der Waals surface area contributed by atoms with Crippen molar-refractivity contribution in [3.05, 3.63) is 35.9 Å². The van der Waals surface area contributed by atoms with Gasteiger partial charge in [0.1, 0.15) is 5.69 Å². The molecule has 2 aromatic heterocycles. The van der Waals surface area contributed by atoms with E-state index in [1.807, 2.05) is 0 Å². The largest absolute Gasteiger partial charge is 0.475 e. The second-order valence-electron chi connectivity index (χ2n) is 8.30. The van der Waals surface area contributed by atoms with Gasteiger partial charge >= 0.3 is 12.2 Å². The fraction of sp³-hybridized carbons (Fsp3) is 0.571. The van der Waals surface area contributed by atoms with Crippen molar-refractivity contribution < 1.29 is 36.0 Å². The van der Waals surface area contributed by atoms with Crippen LogP contribution in [0.1, 0.15) is 50.0 Å². The molecule has 0 unspecified atom stereocenters.